The van der Waals surface area contributed by atoms with Gasteiger partial charge < -0.3 is 9.72 Å². The SMILES string of the molecule is FC(F)Oc1ccc(-c2nc3c(Cl)cccc3[nH]2)cc1. The molecule has 20 heavy (non-hydrogen) atoms. The van der Waals surface area contributed by atoms with Crippen molar-refractivity contribution in [3.05, 3.63) is 47.5 Å². The van der Waals surface area contributed by atoms with Crippen LogP contribution in [-0.4, -0.2) is 16.6 Å². The fourth-order valence-corrected chi connectivity index (χ4v) is 2.14. The molecule has 0 aliphatic heterocycles. The first-order valence-corrected chi connectivity index (χ1v) is 6.21. The van der Waals surface area contributed by atoms with Crippen LogP contribution < -0.4 is 4.74 Å². The van der Waals surface area contributed by atoms with Gasteiger partial charge in [-0.3, -0.25) is 0 Å². The number of aromatic amines is 1. The molecule has 0 unspecified atom stereocenters. The maximum Gasteiger partial charge on any atom is 0.387 e. The highest BCUT2D eigenvalue weighted by Crippen LogP contribution is 2.26. The molecule has 0 atom stereocenters. The highest BCUT2D eigenvalue weighted by atomic mass is 35.5. The molecule has 2 aromatic carbocycles. The van der Waals surface area contributed by atoms with Crippen molar-refractivity contribution in [3.8, 4) is 17.1 Å². The lowest BCUT2D eigenvalue weighted by molar-refractivity contribution is -0.0498. The zero-order valence-corrected chi connectivity index (χ0v) is 10.9. The van der Waals surface area contributed by atoms with E-state index in [1.807, 2.05) is 12.1 Å². The van der Waals surface area contributed by atoms with E-state index in [9.17, 15) is 8.78 Å². The molecule has 1 N–H and O–H groups in total. The van der Waals surface area contributed by atoms with Gasteiger partial charge in [0.1, 0.15) is 17.1 Å². The molecule has 1 heterocycles. The van der Waals surface area contributed by atoms with Crippen molar-refractivity contribution in [2.24, 2.45) is 0 Å². The number of para-hydroxylation sites is 1. The summed E-state index contributed by atoms with van der Waals surface area (Å²) in [6.45, 7) is -2.83. The molecule has 0 spiro atoms. The predicted octanol–water partition coefficient (Wildman–Crippen LogP) is 4.48. The summed E-state index contributed by atoms with van der Waals surface area (Å²) in [4.78, 5) is 7.53. The molecule has 0 radical (unpaired) electrons. The second-order valence-corrected chi connectivity index (χ2v) is 4.53. The van der Waals surface area contributed by atoms with E-state index in [-0.39, 0.29) is 5.75 Å². The smallest absolute Gasteiger partial charge is 0.387 e. The van der Waals surface area contributed by atoms with E-state index in [1.165, 1.54) is 12.1 Å². The number of halogens is 3. The van der Waals surface area contributed by atoms with Gasteiger partial charge in [0, 0.05) is 5.56 Å². The first-order chi connectivity index (χ1) is 9.63. The van der Waals surface area contributed by atoms with Crippen LogP contribution in [0.1, 0.15) is 0 Å². The van der Waals surface area contributed by atoms with Crippen LogP contribution in [0.2, 0.25) is 5.02 Å². The fraction of sp³-hybridized carbons (Fsp3) is 0.0714. The van der Waals surface area contributed by atoms with Gasteiger partial charge in [0.05, 0.1) is 10.5 Å². The number of fused-ring (bicyclic) bond motifs is 1. The quantitative estimate of drug-likeness (QED) is 0.773. The lowest BCUT2D eigenvalue weighted by Crippen LogP contribution is -2.01. The Morgan fingerprint density at radius 2 is 1.85 bits per heavy atom. The number of ether oxygens (including phenoxy) is 1. The van der Waals surface area contributed by atoms with Gasteiger partial charge in [-0.15, -0.1) is 0 Å². The Hall–Kier alpha value is -2.14. The highest BCUT2D eigenvalue weighted by molar-refractivity contribution is 6.34. The summed E-state index contributed by atoms with van der Waals surface area (Å²) >= 11 is 6.05. The number of imidazole rings is 1. The standard InChI is InChI=1S/C14H9ClF2N2O/c15-10-2-1-3-11-12(10)19-13(18-11)8-4-6-9(7-5-8)20-14(16)17/h1-7,14H,(H,18,19). The molecule has 3 nitrogen and oxygen atoms in total. The van der Waals surface area contributed by atoms with Crippen molar-refractivity contribution >= 4 is 22.6 Å². The van der Waals surface area contributed by atoms with Gasteiger partial charge in [0.2, 0.25) is 0 Å². The summed E-state index contributed by atoms with van der Waals surface area (Å²) in [6, 6.07) is 11.7. The molecule has 0 amide bonds. The topological polar surface area (TPSA) is 37.9 Å². The minimum atomic E-state index is -2.83. The van der Waals surface area contributed by atoms with Crippen molar-refractivity contribution < 1.29 is 13.5 Å². The lowest BCUT2D eigenvalue weighted by atomic mass is 10.2. The maximum absolute atomic E-state index is 12.1. The Kier molecular flexibility index (Phi) is 3.28. The second kappa shape index (κ2) is 5.09. The van der Waals surface area contributed by atoms with E-state index >= 15 is 0 Å². The third-order valence-electron chi connectivity index (χ3n) is 2.82. The molecule has 0 aliphatic rings. The van der Waals surface area contributed by atoms with Crippen molar-refractivity contribution in [1.29, 1.82) is 0 Å². The van der Waals surface area contributed by atoms with Crippen molar-refractivity contribution in [2.75, 3.05) is 0 Å². The number of rotatable bonds is 3. The van der Waals surface area contributed by atoms with Crippen molar-refractivity contribution in [1.82, 2.24) is 9.97 Å². The van der Waals surface area contributed by atoms with Gasteiger partial charge in [-0.25, -0.2) is 4.98 Å². The first-order valence-electron chi connectivity index (χ1n) is 5.83. The largest absolute Gasteiger partial charge is 0.435 e. The molecule has 6 heteroatoms. The van der Waals surface area contributed by atoms with Gasteiger partial charge >= 0.3 is 6.61 Å². The normalized spacial score (nSPS) is 11.2. The zero-order chi connectivity index (χ0) is 14.1. The molecule has 0 saturated heterocycles. The Bertz CT molecular complexity index is 741. The average Bonchev–Trinajstić information content (AvgIpc) is 2.84. The summed E-state index contributed by atoms with van der Waals surface area (Å²) in [5, 5.41) is 0.558. The molecule has 0 saturated carbocycles. The van der Waals surface area contributed by atoms with Crippen LogP contribution in [0.5, 0.6) is 5.75 Å². The van der Waals surface area contributed by atoms with Crippen LogP contribution in [0, 0.1) is 0 Å². The van der Waals surface area contributed by atoms with Gasteiger partial charge in [0.25, 0.3) is 0 Å². The van der Waals surface area contributed by atoms with Gasteiger partial charge in [-0.05, 0) is 36.4 Å². The Balaban J connectivity index is 1.96. The molecular formula is C14H9ClF2N2O. The number of nitrogens with one attached hydrogen (secondary N) is 1. The Labute approximate surface area is 118 Å². The highest BCUT2D eigenvalue weighted by Gasteiger charge is 2.09. The average molecular weight is 295 g/mol. The van der Waals surface area contributed by atoms with Crippen LogP contribution in [0.15, 0.2) is 42.5 Å². The number of aromatic nitrogens is 2. The van der Waals surface area contributed by atoms with Crippen molar-refractivity contribution in [2.45, 2.75) is 6.61 Å². The second-order valence-electron chi connectivity index (χ2n) is 4.12. The summed E-state index contributed by atoms with van der Waals surface area (Å²) in [7, 11) is 0. The Morgan fingerprint density at radius 1 is 1.10 bits per heavy atom. The van der Waals surface area contributed by atoms with Crippen LogP contribution in [0.4, 0.5) is 8.78 Å². The monoisotopic (exact) mass is 294 g/mol. The molecule has 0 bridgehead atoms. The van der Waals surface area contributed by atoms with Gasteiger partial charge in [-0.1, -0.05) is 17.7 Å². The summed E-state index contributed by atoms with van der Waals surface area (Å²) in [5.41, 5.74) is 2.26. The molecule has 0 aliphatic carbocycles. The molecule has 3 rings (SSSR count). The van der Waals surface area contributed by atoms with Crippen LogP contribution >= 0.6 is 11.6 Å². The number of H-pyrrole nitrogens is 1. The van der Waals surface area contributed by atoms with E-state index in [4.69, 9.17) is 11.6 Å². The summed E-state index contributed by atoms with van der Waals surface area (Å²) in [5.74, 6) is 0.731. The van der Waals surface area contributed by atoms with Crippen LogP contribution in [0.3, 0.4) is 0 Å². The van der Waals surface area contributed by atoms with E-state index in [0.717, 1.165) is 11.1 Å². The third kappa shape index (κ3) is 2.44. The molecule has 3 aromatic rings. The predicted molar refractivity (Wildman–Crippen MR) is 73.2 cm³/mol. The zero-order valence-electron chi connectivity index (χ0n) is 10.1. The van der Waals surface area contributed by atoms with Gasteiger partial charge in [-0.2, -0.15) is 8.78 Å². The van der Waals surface area contributed by atoms with E-state index in [2.05, 4.69) is 14.7 Å². The maximum atomic E-state index is 12.1. The minimum absolute atomic E-state index is 0.109. The summed E-state index contributed by atoms with van der Waals surface area (Å²) < 4.78 is 28.4. The lowest BCUT2D eigenvalue weighted by Gasteiger charge is -2.04. The van der Waals surface area contributed by atoms with E-state index in [1.54, 1.807) is 18.2 Å². The minimum Gasteiger partial charge on any atom is -0.435 e. The molecule has 0 fully saturated rings. The molecular weight excluding hydrogens is 286 g/mol. The number of hydrogen-bond acceptors (Lipinski definition) is 2. The number of hydrogen-bond donors (Lipinski definition) is 1. The molecule has 1 aromatic heterocycles. The Morgan fingerprint density at radius 3 is 2.50 bits per heavy atom. The van der Waals surface area contributed by atoms with Gasteiger partial charge in [0.15, 0.2) is 0 Å². The number of benzene rings is 2. The van der Waals surface area contributed by atoms with E-state index in [0.29, 0.717) is 16.4 Å². The third-order valence-corrected chi connectivity index (χ3v) is 3.12. The fourth-order valence-electron chi connectivity index (χ4n) is 1.93. The number of nitrogens with zero attached hydrogens (tertiary/aromatic N) is 1. The first kappa shape index (κ1) is 12.9. The van der Waals surface area contributed by atoms with Crippen LogP contribution in [0.25, 0.3) is 22.4 Å². The summed E-state index contributed by atoms with van der Waals surface area (Å²) in [6.07, 6.45) is 0. The molecule has 102 valence electrons. The number of alkyl halides is 2. The van der Waals surface area contributed by atoms with Crippen molar-refractivity contribution in [3.63, 3.8) is 0 Å². The van der Waals surface area contributed by atoms with E-state index < -0.39 is 6.61 Å². The van der Waals surface area contributed by atoms with Crippen LogP contribution in [-0.2, 0) is 0 Å².